The van der Waals surface area contributed by atoms with Crippen molar-refractivity contribution in [1.29, 1.82) is 0 Å². The number of furan rings is 1. The number of hydrogen-bond donors (Lipinski definition) is 1. The van der Waals surface area contributed by atoms with E-state index in [1.165, 1.54) is 0 Å². The predicted molar refractivity (Wildman–Crippen MR) is 63.4 cm³/mol. The van der Waals surface area contributed by atoms with Crippen molar-refractivity contribution >= 4 is 11.8 Å². The SMILES string of the molecule is CC1C(=O)NC(C2CC2)C(=O)N1Cc1ccoc1. The van der Waals surface area contributed by atoms with Crippen LogP contribution in [0, 0.1) is 5.92 Å². The van der Waals surface area contributed by atoms with Crippen LogP contribution < -0.4 is 5.32 Å². The highest BCUT2D eigenvalue weighted by atomic mass is 16.3. The van der Waals surface area contributed by atoms with Gasteiger partial charge in [-0.25, -0.2) is 0 Å². The van der Waals surface area contributed by atoms with E-state index in [-0.39, 0.29) is 17.9 Å². The summed E-state index contributed by atoms with van der Waals surface area (Å²) < 4.78 is 5.00. The summed E-state index contributed by atoms with van der Waals surface area (Å²) in [5.41, 5.74) is 0.916. The maximum atomic E-state index is 12.4. The van der Waals surface area contributed by atoms with Gasteiger partial charge in [0.15, 0.2) is 0 Å². The van der Waals surface area contributed by atoms with E-state index in [2.05, 4.69) is 5.32 Å². The zero-order valence-corrected chi connectivity index (χ0v) is 10.3. The minimum atomic E-state index is -0.414. The van der Waals surface area contributed by atoms with Gasteiger partial charge in [0.1, 0.15) is 12.1 Å². The number of piperazine rings is 1. The number of carbonyl (C=O) groups is 2. The first-order chi connectivity index (χ1) is 8.66. The Hall–Kier alpha value is -1.78. The fourth-order valence-corrected chi connectivity index (χ4v) is 2.39. The summed E-state index contributed by atoms with van der Waals surface area (Å²) in [6, 6.07) is 1.08. The average Bonchev–Trinajstić information content (AvgIpc) is 3.07. The van der Waals surface area contributed by atoms with Crippen molar-refractivity contribution in [2.24, 2.45) is 5.92 Å². The Kier molecular flexibility index (Phi) is 2.61. The summed E-state index contributed by atoms with van der Waals surface area (Å²) >= 11 is 0. The molecule has 2 amide bonds. The van der Waals surface area contributed by atoms with Gasteiger partial charge in [-0.15, -0.1) is 0 Å². The molecule has 1 aromatic heterocycles. The van der Waals surface area contributed by atoms with Gasteiger partial charge in [0, 0.05) is 12.1 Å². The molecule has 1 aliphatic carbocycles. The number of nitrogens with zero attached hydrogens (tertiary/aromatic N) is 1. The number of carbonyl (C=O) groups excluding carboxylic acids is 2. The minimum Gasteiger partial charge on any atom is -0.472 e. The number of nitrogens with one attached hydrogen (secondary N) is 1. The van der Waals surface area contributed by atoms with Crippen LogP contribution in [0.25, 0.3) is 0 Å². The molecule has 0 aromatic carbocycles. The van der Waals surface area contributed by atoms with Crippen molar-refractivity contribution in [2.75, 3.05) is 0 Å². The molecule has 1 saturated carbocycles. The second-order valence-electron chi connectivity index (χ2n) is 5.10. The summed E-state index contributed by atoms with van der Waals surface area (Å²) in [7, 11) is 0. The van der Waals surface area contributed by atoms with Gasteiger partial charge in [0.2, 0.25) is 11.8 Å². The van der Waals surface area contributed by atoms with Crippen LogP contribution in [0.3, 0.4) is 0 Å². The number of rotatable bonds is 3. The first-order valence-electron chi connectivity index (χ1n) is 6.29. The van der Waals surface area contributed by atoms with Crippen LogP contribution >= 0.6 is 0 Å². The molecule has 2 unspecified atom stereocenters. The molecule has 3 rings (SSSR count). The van der Waals surface area contributed by atoms with Gasteiger partial charge >= 0.3 is 0 Å². The van der Waals surface area contributed by atoms with E-state index in [1.807, 2.05) is 6.07 Å². The average molecular weight is 248 g/mol. The zero-order chi connectivity index (χ0) is 12.7. The van der Waals surface area contributed by atoms with E-state index >= 15 is 0 Å². The predicted octanol–water partition coefficient (Wildman–Crippen LogP) is 0.905. The molecule has 5 heteroatoms. The molecule has 96 valence electrons. The summed E-state index contributed by atoms with van der Waals surface area (Å²) in [5.74, 6) is 0.307. The maximum Gasteiger partial charge on any atom is 0.246 e. The topological polar surface area (TPSA) is 62.6 Å². The van der Waals surface area contributed by atoms with Gasteiger partial charge in [-0.3, -0.25) is 9.59 Å². The molecular weight excluding hydrogens is 232 g/mol. The molecule has 2 aliphatic rings. The molecule has 18 heavy (non-hydrogen) atoms. The smallest absolute Gasteiger partial charge is 0.246 e. The van der Waals surface area contributed by atoms with Crippen LogP contribution in [0.1, 0.15) is 25.3 Å². The molecular formula is C13H16N2O3. The highest BCUT2D eigenvalue weighted by molar-refractivity contribution is 5.97. The van der Waals surface area contributed by atoms with Crippen molar-refractivity contribution in [3.63, 3.8) is 0 Å². The van der Waals surface area contributed by atoms with Crippen molar-refractivity contribution in [3.8, 4) is 0 Å². The quantitative estimate of drug-likeness (QED) is 0.864. The molecule has 2 heterocycles. The lowest BCUT2D eigenvalue weighted by atomic mass is 10.0. The Labute approximate surface area is 105 Å². The van der Waals surface area contributed by atoms with Gasteiger partial charge < -0.3 is 14.6 Å². The van der Waals surface area contributed by atoms with Crippen LogP contribution in [0.2, 0.25) is 0 Å². The first-order valence-corrected chi connectivity index (χ1v) is 6.29. The third-order valence-electron chi connectivity index (χ3n) is 3.72. The Morgan fingerprint density at radius 2 is 2.22 bits per heavy atom. The van der Waals surface area contributed by atoms with Gasteiger partial charge in [-0.2, -0.15) is 0 Å². The Balaban J connectivity index is 1.80. The lowest BCUT2D eigenvalue weighted by Crippen LogP contribution is -2.62. The molecule has 5 nitrogen and oxygen atoms in total. The molecule has 1 aromatic rings. The molecule has 2 fully saturated rings. The van der Waals surface area contributed by atoms with Crippen LogP contribution in [-0.4, -0.2) is 28.8 Å². The van der Waals surface area contributed by atoms with E-state index in [0.717, 1.165) is 18.4 Å². The Morgan fingerprint density at radius 1 is 1.44 bits per heavy atom. The van der Waals surface area contributed by atoms with Gasteiger partial charge in [-0.05, 0) is 31.7 Å². The Morgan fingerprint density at radius 3 is 2.83 bits per heavy atom. The summed E-state index contributed by atoms with van der Waals surface area (Å²) in [6.45, 7) is 2.20. The Bertz CT molecular complexity index is 465. The van der Waals surface area contributed by atoms with E-state index in [1.54, 1.807) is 24.3 Å². The third kappa shape index (κ3) is 1.89. The summed E-state index contributed by atoms with van der Waals surface area (Å²) in [6.07, 6.45) is 5.25. The second kappa shape index (κ2) is 4.15. The maximum absolute atomic E-state index is 12.4. The number of amides is 2. The zero-order valence-electron chi connectivity index (χ0n) is 10.3. The molecule has 2 atom stereocenters. The highest BCUT2D eigenvalue weighted by Gasteiger charge is 2.45. The third-order valence-corrected chi connectivity index (χ3v) is 3.72. The first kappa shape index (κ1) is 11.3. The summed E-state index contributed by atoms with van der Waals surface area (Å²) in [5, 5.41) is 2.83. The van der Waals surface area contributed by atoms with Crippen molar-refractivity contribution < 1.29 is 14.0 Å². The van der Waals surface area contributed by atoms with E-state index < -0.39 is 6.04 Å². The van der Waals surface area contributed by atoms with E-state index in [9.17, 15) is 9.59 Å². The molecule has 0 bridgehead atoms. The normalized spacial score (nSPS) is 28.4. The van der Waals surface area contributed by atoms with Gasteiger partial charge in [-0.1, -0.05) is 0 Å². The standard InChI is InChI=1S/C13H16N2O3/c1-8-12(16)14-11(10-2-3-10)13(17)15(8)6-9-4-5-18-7-9/h4-5,7-8,10-11H,2-3,6H2,1H3,(H,14,16). The fourth-order valence-electron chi connectivity index (χ4n) is 2.39. The molecule has 0 spiro atoms. The summed E-state index contributed by atoms with van der Waals surface area (Å²) in [4.78, 5) is 25.9. The molecule has 1 N–H and O–H groups in total. The van der Waals surface area contributed by atoms with Gasteiger partial charge in [0.05, 0.1) is 12.5 Å². The van der Waals surface area contributed by atoms with Crippen LogP contribution in [-0.2, 0) is 16.1 Å². The van der Waals surface area contributed by atoms with Crippen molar-refractivity contribution in [1.82, 2.24) is 10.2 Å². The largest absolute Gasteiger partial charge is 0.472 e. The lowest BCUT2D eigenvalue weighted by molar-refractivity contribution is -0.149. The molecule has 1 aliphatic heterocycles. The molecule has 0 radical (unpaired) electrons. The van der Waals surface area contributed by atoms with Crippen LogP contribution in [0.4, 0.5) is 0 Å². The van der Waals surface area contributed by atoms with Crippen molar-refractivity contribution in [2.45, 2.75) is 38.4 Å². The van der Waals surface area contributed by atoms with Crippen LogP contribution in [0.5, 0.6) is 0 Å². The minimum absolute atomic E-state index is 0.0331. The molecule has 1 saturated heterocycles. The number of hydrogen-bond acceptors (Lipinski definition) is 3. The van der Waals surface area contributed by atoms with E-state index in [4.69, 9.17) is 4.42 Å². The van der Waals surface area contributed by atoms with Crippen LogP contribution in [0.15, 0.2) is 23.0 Å². The van der Waals surface area contributed by atoms with Gasteiger partial charge in [0.25, 0.3) is 0 Å². The van der Waals surface area contributed by atoms with E-state index in [0.29, 0.717) is 12.5 Å². The fraction of sp³-hybridized carbons (Fsp3) is 0.538. The highest BCUT2D eigenvalue weighted by Crippen LogP contribution is 2.35. The monoisotopic (exact) mass is 248 g/mol. The lowest BCUT2D eigenvalue weighted by Gasteiger charge is -2.37. The second-order valence-corrected chi connectivity index (χ2v) is 5.10. The van der Waals surface area contributed by atoms with Crippen molar-refractivity contribution in [3.05, 3.63) is 24.2 Å².